The van der Waals surface area contributed by atoms with E-state index in [1.54, 1.807) is 13.8 Å². The van der Waals surface area contributed by atoms with E-state index in [9.17, 15) is 18.0 Å². The molecule has 1 fully saturated rings. The van der Waals surface area contributed by atoms with Crippen LogP contribution in [-0.4, -0.2) is 48.8 Å². The summed E-state index contributed by atoms with van der Waals surface area (Å²) in [5.74, 6) is 0.451. The SMILES string of the molecule is CC(C)NS(=O)(=O)c1ccc(C(=O)N2CSC[C@H]2C(=O)NCc2ccccc2)cc1. The van der Waals surface area contributed by atoms with E-state index in [2.05, 4.69) is 10.0 Å². The number of thioether (sulfide) groups is 1. The van der Waals surface area contributed by atoms with Crippen molar-refractivity contribution >= 4 is 33.6 Å². The standard InChI is InChI=1S/C21H25N3O4S2/c1-15(2)23-30(27,28)18-10-8-17(9-11-18)21(26)24-14-29-13-19(24)20(25)22-12-16-6-4-3-5-7-16/h3-11,15,19,23H,12-14H2,1-2H3,(H,22,25)/t19-/m0/s1. The molecule has 2 amide bonds. The van der Waals surface area contributed by atoms with Gasteiger partial charge in [0, 0.05) is 23.9 Å². The average Bonchev–Trinajstić information content (AvgIpc) is 3.21. The van der Waals surface area contributed by atoms with Gasteiger partial charge in [-0.25, -0.2) is 13.1 Å². The molecule has 30 heavy (non-hydrogen) atoms. The lowest BCUT2D eigenvalue weighted by Crippen LogP contribution is -2.47. The Balaban J connectivity index is 1.67. The lowest BCUT2D eigenvalue weighted by Gasteiger charge is -2.23. The zero-order chi connectivity index (χ0) is 21.7. The van der Waals surface area contributed by atoms with Gasteiger partial charge in [0.25, 0.3) is 5.91 Å². The minimum absolute atomic E-state index is 0.0979. The first kappa shape index (κ1) is 22.3. The molecule has 0 radical (unpaired) electrons. The molecule has 0 unspecified atom stereocenters. The van der Waals surface area contributed by atoms with Crippen molar-refractivity contribution in [3.63, 3.8) is 0 Å². The minimum Gasteiger partial charge on any atom is -0.350 e. The summed E-state index contributed by atoms with van der Waals surface area (Å²) in [5.41, 5.74) is 1.34. The first-order valence-electron chi connectivity index (χ1n) is 9.60. The summed E-state index contributed by atoms with van der Waals surface area (Å²) in [6, 6.07) is 14.6. The van der Waals surface area contributed by atoms with Crippen molar-refractivity contribution in [2.75, 3.05) is 11.6 Å². The largest absolute Gasteiger partial charge is 0.350 e. The second-order valence-electron chi connectivity index (χ2n) is 7.29. The van der Waals surface area contributed by atoms with E-state index < -0.39 is 16.1 Å². The van der Waals surface area contributed by atoms with Gasteiger partial charge in [0.2, 0.25) is 15.9 Å². The van der Waals surface area contributed by atoms with Gasteiger partial charge in [-0.1, -0.05) is 30.3 Å². The van der Waals surface area contributed by atoms with Crippen LogP contribution in [0.2, 0.25) is 0 Å². The minimum atomic E-state index is -3.62. The van der Waals surface area contributed by atoms with E-state index >= 15 is 0 Å². The number of hydrogen-bond donors (Lipinski definition) is 2. The van der Waals surface area contributed by atoms with Crippen molar-refractivity contribution in [2.24, 2.45) is 0 Å². The number of nitrogens with zero attached hydrogens (tertiary/aromatic N) is 1. The maximum Gasteiger partial charge on any atom is 0.255 e. The highest BCUT2D eigenvalue weighted by Gasteiger charge is 2.35. The molecule has 1 atom stereocenters. The zero-order valence-corrected chi connectivity index (χ0v) is 18.5. The molecule has 0 aliphatic carbocycles. The molecule has 0 aromatic heterocycles. The zero-order valence-electron chi connectivity index (χ0n) is 16.9. The molecule has 0 bridgehead atoms. The van der Waals surface area contributed by atoms with Gasteiger partial charge in [0.05, 0.1) is 10.8 Å². The molecule has 2 N–H and O–H groups in total. The van der Waals surface area contributed by atoms with Crippen molar-refractivity contribution in [3.8, 4) is 0 Å². The van der Waals surface area contributed by atoms with Gasteiger partial charge < -0.3 is 10.2 Å². The molecule has 160 valence electrons. The Labute approximate surface area is 181 Å². The van der Waals surface area contributed by atoms with Crippen molar-refractivity contribution in [1.82, 2.24) is 14.9 Å². The van der Waals surface area contributed by atoms with Gasteiger partial charge in [-0.3, -0.25) is 9.59 Å². The van der Waals surface area contributed by atoms with Crippen LogP contribution >= 0.6 is 11.8 Å². The normalized spacial score (nSPS) is 16.6. The van der Waals surface area contributed by atoms with Gasteiger partial charge in [0.15, 0.2) is 0 Å². The summed E-state index contributed by atoms with van der Waals surface area (Å²) in [5, 5.41) is 2.89. The van der Waals surface area contributed by atoms with E-state index in [4.69, 9.17) is 0 Å². The van der Waals surface area contributed by atoms with Gasteiger partial charge in [-0.15, -0.1) is 11.8 Å². The first-order valence-corrected chi connectivity index (χ1v) is 12.2. The summed E-state index contributed by atoms with van der Waals surface area (Å²) in [7, 11) is -3.62. The number of benzene rings is 2. The van der Waals surface area contributed by atoms with Crippen LogP contribution in [0, 0.1) is 0 Å². The fourth-order valence-corrected chi connectivity index (χ4v) is 5.49. The van der Waals surface area contributed by atoms with Crippen LogP contribution in [0.15, 0.2) is 59.5 Å². The summed E-state index contributed by atoms with van der Waals surface area (Å²) < 4.78 is 27.0. The van der Waals surface area contributed by atoms with Gasteiger partial charge in [0.1, 0.15) is 6.04 Å². The van der Waals surface area contributed by atoms with E-state index in [-0.39, 0.29) is 22.8 Å². The Morgan fingerprint density at radius 2 is 1.77 bits per heavy atom. The molecule has 9 heteroatoms. The first-order chi connectivity index (χ1) is 14.3. The molecule has 2 aromatic carbocycles. The molecule has 0 spiro atoms. The molecular weight excluding hydrogens is 422 g/mol. The van der Waals surface area contributed by atoms with Crippen LogP contribution in [0.4, 0.5) is 0 Å². The number of amides is 2. The Bertz CT molecular complexity index is 993. The fraction of sp³-hybridized carbons (Fsp3) is 0.333. The fourth-order valence-electron chi connectivity index (χ4n) is 3.08. The lowest BCUT2D eigenvalue weighted by molar-refractivity contribution is -0.124. The van der Waals surface area contributed by atoms with Gasteiger partial charge in [-0.2, -0.15) is 0 Å². The number of rotatable bonds is 7. The van der Waals surface area contributed by atoms with E-state index in [1.807, 2.05) is 30.3 Å². The number of carbonyl (C=O) groups excluding carboxylic acids is 2. The summed E-state index contributed by atoms with van der Waals surface area (Å²) in [6.07, 6.45) is 0. The average molecular weight is 448 g/mol. The quantitative estimate of drug-likeness (QED) is 0.679. The molecule has 1 aliphatic rings. The van der Waals surface area contributed by atoms with Gasteiger partial charge in [-0.05, 0) is 43.7 Å². The third-order valence-corrected chi connectivity index (χ3v) is 7.24. The van der Waals surface area contributed by atoms with Crippen molar-refractivity contribution in [1.29, 1.82) is 0 Å². The van der Waals surface area contributed by atoms with Crippen LogP contribution in [0.25, 0.3) is 0 Å². The molecule has 1 aliphatic heterocycles. The van der Waals surface area contributed by atoms with Crippen LogP contribution in [0.1, 0.15) is 29.8 Å². The molecule has 7 nitrogen and oxygen atoms in total. The Hall–Kier alpha value is -2.36. The van der Waals surface area contributed by atoms with Crippen LogP contribution in [0.3, 0.4) is 0 Å². The smallest absolute Gasteiger partial charge is 0.255 e. The van der Waals surface area contributed by atoms with Crippen molar-refractivity contribution < 1.29 is 18.0 Å². The van der Waals surface area contributed by atoms with E-state index in [0.29, 0.717) is 23.7 Å². The monoisotopic (exact) mass is 447 g/mol. The maximum atomic E-state index is 12.9. The number of hydrogen-bond acceptors (Lipinski definition) is 5. The summed E-state index contributed by atoms with van der Waals surface area (Å²) >= 11 is 1.52. The number of nitrogens with one attached hydrogen (secondary N) is 2. The van der Waals surface area contributed by atoms with E-state index in [1.165, 1.54) is 40.9 Å². The van der Waals surface area contributed by atoms with Gasteiger partial charge >= 0.3 is 0 Å². The Morgan fingerprint density at radius 1 is 1.10 bits per heavy atom. The predicted molar refractivity (Wildman–Crippen MR) is 117 cm³/mol. The molecular formula is C21H25N3O4S2. The number of carbonyl (C=O) groups is 2. The van der Waals surface area contributed by atoms with Crippen molar-refractivity contribution in [2.45, 2.75) is 37.4 Å². The lowest BCUT2D eigenvalue weighted by atomic mass is 10.1. The third-order valence-electron chi connectivity index (χ3n) is 4.56. The third kappa shape index (κ3) is 5.41. The second-order valence-corrected chi connectivity index (χ2v) is 10.0. The highest BCUT2D eigenvalue weighted by molar-refractivity contribution is 7.99. The second kappa shape index (κ2) is 9.63. The Kier molecular flexibility index (Phi) is 7.17. The molecule has 1 saturated heterocycles. The highest BCUT2D eigenvalue weighted by Crippen LogP contribution is 2.24. The number of sulfonamides is 1. The van der Waals surface area contributed by atoms with Crippen LogP contribution < -0.4 is 10.0 Å². The molecule has 0 saturated carbocycles. The Morgan fingerprint density at radius 3 is 2.40 bits per heavy atom. The van der Waals surface area contributed by atoms with Crippen molar-refractivity contribution in [3.05, 3.63) is 65.7 Å². The predicted octanol–water partition coefficient (Wildman–Crippen LogP) is 2.20. The highest BCUT2D eigenvalue weighted by atomic mass is 32.2. The maximum absolute atomic E-state index is 12.9. The van der Waals surface area contributed by atoms with E-state index in [0.717, 1.165) is 5.56 Å². The molecule has 3 rings (SSSR count). The molecule has 1 heterocycles. The summed E-state index contributed by atoms with van der Waals surface area (Å²) in [6.45, 7) is 3.88. The summed E-state index contributed by atoms with van der Waals surface area (Å²) in [4.78, 5) is 27.2. The topological polar surface area (TPSA) is 95.6 Å². The molecule has 2 aromatic rings. The van der Waals surface area contributed by atoms with Crippen LogP contribution in [-0.2, 0) is 21.4 Å². The van der Waals surface area contributed by atoms with Crippen LogP contribution in [0.5, 0.6) is 0 Å².